The summed E-state index contributed by atoms with van der Waals surface area (Å²) in [6.07, 6.45) is -4.99. The van der Waals surface area contributed by atoms with Crippen molar-refractivity contribution in [2.24, 2.45) is 0 Å². The summed E-state index contributed by atoms with van der Waals surface area (Å²) in [7, 11) is 1.26. The first-order chi connectivity index (χ1) is 10.8. The summed E-state index contributed by atoms with van der Waals surface area (Å²) in [6.45, 7) is 0. The van der Waals surface area contributed by atoms with E-state index in [0.29, 0.717) is 6.07 Å². The maximum Gasteiger partial charge on any atom is 0.419 e. The minimum absolute atomic E-state index is 0.0424. The van der Waals surface area contributed by atoms with E-state index in [1.54, 1.807) is 0 Å². The molecule has 0 fully saturated rings. The van der Waals surface area contributed by atoms with Crippen molar-refractivity contribution in [2.75, 3.05) is 7.11 Å². The summed E-state index contributed by atoms with van der Waals surface area (Å²) in [6, 6.07) is 3.97. The predicted octanol–water partition coefficient (Wildman–Crippen LogP) is 4.51. The van der Waals surface area contributed by atoms with Crippen LogP contribution in [0.25, 0.3) is 0 Å². The van der Waals surface area contributed by atoms with Gasteiger partial charge in [0.25, 0.3) is 5.88 Å². The SMILES string of the molecule is COc1nc(Cl)ccc1Oc1ccc(C(F)(F)F)c(F)c1C=O. The number of ether oxygens (including phenoxy) is 2. The minimum atomic E-state index is -4.93. The summed E-state index contributed by atoms with van der Waals surface area (Å²) in [5.74, 6) is -2.24. The fourth-order valence-corrected chi connectivity index (χ4v) is 1.88. The standard InChI is InChI=1S/C14H8ClF4NO3/c1-22-13-10(4-5-11(15)20-13)23-9-3-2-8(14(17,18)19)12(16)7(9)6-21/h2-6H,1H3. The number of hydrogen-bond donors (Lipinski definition) is 0. The van der Waals surface area contributed by atoms with Gasteiger partial charge in [0.15, 0.2) is 12.0 Å². The smallest absolute Gasteiger partial charge is 0.419 e. The van der Waals surface area contributed by atoms with E-state index >= 15 is 0 Å². The molecule has 2 aromatic rings. The average molecular weight is 350 g/mol. The van der Waals surface area contributed by atoms with E-state index in [1.165, 1.54) is 19.2 Å². The number of aldehydes is 1. The van der Waals surface area contributed by atoms with E-state index in [2.05, 4.69) is 4.98 Å². The summed E-state index contributed by atoms with van der Waals surface area (Å²) in [5.41, 5.74) is -2.43. The summed E-state index contributed by atoms with van der Waals surface area (Å²) in [5, 5.41) is 0.0865. The molecule has 9 heteroatoms. The third-order valence-electron chi connectivity index (χ3n) is 2.77. The fraction of sp³-hybridized carbons (Fsp3) is 0.143. The highest BCUT2D eigenvalue weighted by molar-refractivity contribution is 6.29. The molecule has 0 amide bonds. The van der Waals surface area contributed by atoms with Gasteiger partial charge in [-0.2, -0.15) is 18.2 Å². The van der Waals surface area contributed by atoms with Crippen LogP contribution in [0.3, 0.4) is 0 Å². The molecule has 0 radical (unpaired) electrons. The molecule has 1 heterocycles. The molecule has 0 saturated carbocycles. The highest BCUT2D eigenvalue weighted by Crippen LogP contribution is 2.38. The van der Waals surface area contributed by atoms with Crippen molar-refractivity contribution >= 4 is 17.9 Å². The van der Waals surface area contributed by atoms with Gasteiger partial charge in [0, 0.05) is 0 Å². The van der Waals surface area contributed by atoms with E-state index in [4.69, 9.17) is 21.1 Å². The molecule has 2 rings (SSSR count). The number of methoxy groups -OCH3 is 1. The Hall–Kier alpha value is -2.35. The Labute approximate surface area is 132 Å². The minimum Gasteiger partial charge on any atom is -0.478 e. The van der Waals surface area contributed by atoms with Gasteiger partial charge in [-0.3, -0.25) is 4.79 Å². The Morgan fingerprint density at radius 1 is 1.17 bits per heavy atom. The van der Waals surface area contributed by atoms with E-state index in [-0.39, 0.29) is 23.1 Å². The van der Waals surface area contributed by atoms with Crippen molar-refractivity contribution in [3.8, 4) is 17.4 Å². The Balaban J connectivity index is 2.49. The van der Waals surface area contributed by atoms with Crippen LogP contribution in [0.2, 0.25) is 5.15 Å². The molecule has 0 unspecified atom stereocenters. The highest BCUT2D eigenvalue weighted by Gasteiger charge is 2.36. The maximum absolute atomic E-state index is 13.9. The second-order valence-electron chi connectivity index (χ2n) is 4.20. The van der Waals surface area contributed by atoms with Crippen LogP contribution < -0.4 is 9.47 Å². The molecular formula is C14H8ClF4NO3. The van der Waals surface area contributed by atoms with Crippen molar-refractivity contribution in [1.29, 1.82) is 0 Å². The lowest BCUT2D eigenvalue weighted by Gasteiger charge is -2.14. The lowest BCUT2D eigenvalue weighted by atomic mass is 10.1. The van der Waals surface area contributed by atoms with Crippen LogP contribution in [0.1, 0.15) is 15.9 Å². The Morgan fingerprint density at radius 2 is 1.83 bits per heavy atom. The number of aromatic nitrogens is 1. The van der Waals surface area contributed by atoms with Crippen LogP contribution in [-0.2, 0) is 6.18 Å². The largest absolute Gasteiger partial charge is 0.478 e. The third-order valence-corrected chi connectivity index (χ3v) is 2.98. The van der Waals surface area contributed by atoms with E-state index in [0.717, 1.165) is 6.07 Å². The molecule has 122 valence electrons. The molecule has 0 saturated heterocycles. The quantitative estimate of drug-likeness (QED) is 0.463. The molecule has 1 aromatic carbocycles. The summed E-state index contributed by atoms with van der Waals surface area (Å²) >= 11 is 5.67. The first-order valence-electron chi connectivity index (χ1n) is 6.01. The molecule has 4 nitrogen and oxygen atoms in total. The Bertz CT molecular complexity index is 750. The normalized spacial score (nSPS) is 11.2. The number of nitrogens with zero attached hydrogens (tertiary/aromatic N) is 1. The molecule has 0 atom stereocenters. The van der Waals surface area contributed by atoms with Crippen LogP contribution in [0, 0.1) is 5.82 Å². The van der Waals surface area contributed by atoms with Crippen molar-refractivity contribution in [3.63, 3.8) is 0 Å². The van der Waals surface area contributed by atoms with Crippen molar-refractivity contribution in [1.82, 2.24) is 4.98 Å². The molecule has 0 aliphatic rings. The molecule has 0 aliphatic carbocycles. The first-order valence-corrected chi connectivity index (χ1v) is 6.39. The zero-order chi connectivity index (χ0) is 17.2. The molecule has 0 aliphatic heterocycles. The zero-order valence-electron chi connectivity index (χ0n) is 11.4. The van der Waals surface area contributed by atoms with Gasteiger partial charge in [-0.05, 0) is 24.3 Å². The number of halogens is 5. The number of hydrogen-bond acceptors (Lipinski definition) is 4. The van der Waals surface area contributed by atoms with Crippen molar-refractivity contribution in [2.45, 2.75) is 6.18 Å². The lowest BCUT2D eigenvalue weighted by Crippen LogP contribution is -2.10. The van der Waals surface area contributed by atoms with Crippen molar-refractivity contribution in [3.05, 3.63) is 46.4 Å². The van der Waals surface area contributed by atoms with Crippen LogP contribution in [0.15, 0.2) is 24.3 Å². The Morgan fingerprint density at radius 3 is 2.39 bits per heavy atom. The van der Waals surface area contributed by atoms with Gasteiger partial charge >= 0.3 is 6.18 Å². The molecule has 0 spiro atoms. The summed E-state index contributed by atoms with van der Waals surface area (Å²) < 4.78 is 62.0. The van der Waals surface area contributed by atoms with E-state index in [1.807, 2.05) is 0 Å². The third kappa shape index (κ3) is 3.53. The monoisotopic (exact) mass is 349 g/mol. The fourth-order valence-electron chi connectivity index (χ4n) is 1.74. The maximum atomic E-state index is 13.9. The number of alkyl halides is 3. The molecule has 0 N–H and O–H groups in total. The molecular weight excluding hydrogens is 342 g/mol. The molecule has 23 heavy (non-hydrogen) atoms. The first kappa shape index (κ1) is 17.0. The van der Waals surface area contributed by atoms with E-state index < -0.39 is 28.9 Å². The van der Waals surface area contributed by atoms with Crippen LogP contribution in [-0.4, -0.2) is 18.4 Å². The lowest BCUT2D eigenvalue weighted by molar-refractivity contribution is -0.140. The van der Waals surface area contributed by atoms with Crippen LogP contribution in [0.5, 0.6) is 17.4 Å². The number of carbonyl (C=O) groups excluding carboxylic acids is 1. The number of pyridine rings is 1. The van der Waals surface area contributed by atoms with Gasteiger partial charge in [-0.15, -0.1) is 0 Å². The Kier molecular flexibility index (Phi) is 4.74. The molecule has 0 bridgehead atoms. The molecule has 1 aromatic heterocycles. The number of carbonyl (C=O) groups is 1. The van der Waals surface area contributed by atoms with Crippen LogP contribution >= 0.6 is 11.6 Å². The zero-order valence-corrected chi connectivity index (χ0v) is 12.2. The predicted molar refractivity (Wildman–Crippen MR) is 72.7 cm³/mol. The average Bonchev–Trinajstić information content (AvgIpc) is 2.48. The second kappa shape index (κ2) is 6.41. The number of rotatable bonds is 4. The summed E-state index contributed by atoms with van der Waals surface area (Å²) in [4.78, 5) is 14.7. The number of benzene rings is 1. The van der Waals surface area contributed by atoms with Gasteiger partial charge in [-0.1, -0.05) is 11.6 Å². The van der Waals surface area contributed by atoms with Crippen LogP contribution in [0.4, 0.5) is 17.6 Å². The van der Waals surface area contributed by atoms with Crippen molar-refractivity contribution < 1.29 is 31.8 Å². The van der Waals surface area contributed by atoms with Gasteiger partial charge in [0.1, 0.15) is 16.7 Å². The van der Waals surface area contributed by atoms with Gasteiger partial charge in [-0.25, -0.2) is 4.39 Å². The van der Waals surface area contributed by atoms with E-state index in [9.17, 15) is 22.4 Å². The van der Waals surface area contributed by atoms with Gasteiger partial charge < -0.3 is 9.47 Å². The highest BCUT2D eigenvalue weighted by atomic mass is 35.5. The van der Waals surface area contributed by atoms with Gasteiger partial charge in [0.05, 0.1) is 18.2 Å². The second-order valence-corrected chi connectivity index (χ2v) is 4.59. The van der Waals surface area contributed by atoms with Gasteiger partial charge in [0.2, 0.25) is 0 Å². The topological polar surface area (TPSA) is 48.4 Å².